The number of hydrogen-bond donors (Lipinski definition) is 1. The summed E-state index contributed by atoms with van der Waals surface area (Å²) >= 11 is 1.24. The Labute approximate surface area is 229 Å². The van der Waals surface area contributed by atoms with Crippen molar-refractivity contribution in [1.29, 1.82) is 0 Å². The Morgan fingerprint density at radius 3 is 2.56 bits per heavy atom. The minimum absolute atomic E-state index is 0.109. The van der Waals surface area contributed by atoms with Crippen LogP contribution in [0.2, 0.25) is 0 Å². The number of amides is 1. The fraction of sp³-hybridized carbons (Fsp3) is 0.233. The Morgan fingerprint density at radius 1 is 1.08 bits per heavy atom. The second-order valence-corrected chi connectivity index (χ2v) is 10.6. The fourth-order valence-electron chi connectivity index (χ4n) is 4.42. The molecule has 0 bridgehead atoms. The molecule has 39 heavy (non-hydrogen) atoms. The largest absolute Gasteiger partial charge is 0.507 e. The van der Waals surface area contributed by atoms with Gasteiger partial charge < -0.3 is 14.6 Å². The molecule has 1 aliphatic heterocycles. The first-order chi connectivity index (χ1) is 18.8. The Morgan fingerprint density at radius 2 is 1.85 bits per heavy atom. The summed E-state index contributed by atoms with van der Waals surface area (Å²) in [7, 11) is 1.56. The summed E-state index contributed by atoms with van der Waals surface area (Å²) in [5, 5.41) is 11.6. The van der Waals surface area contributed by atoms with Crippen molar-refractivity contribution in [3.05, 3.63) is 89.2 Å². The van der Waals surface area contributed by atoms with Crippen molar-refractivity contribution in [2.75, 3.05) is 18.6 Å². The number of hydrogen-bond acceptors (Lipinski definition) is 7. The third-order valence-corrected chi connectivity index (χ3v) is 7.51. The van der Waals surface area contributed by atoms with Crippen LogP contribution in [0, 0.1) is 11.7 Å². The van der Waals surface area contributed by atoms with E-state index in [0.29, 0.717) is 40.2 Å². The van der Waals surface area contributed by atoms with Crippen LogP contribution in [-0.2, 0) is 9.59 Å². The molecule has 0 saturated carbocycles. The number of Topliss-reactive ketones (excluding diaryl/α,β-unsaturated/α-hetero) is 1. The Kier molecular flexibility index (Phi) is 7.34. The topological polar surface area (TPSA) is 89.0 Å². The number of carbonyl (C=O) groups excluding carboxylic acids is 2. The molecular formula is C30H27FN2O5S. The van der Waals surface area contributed by atoms with Crippen LogP contribution in [0.1, 0.15) is 37.4 Å². The van der Waals surface area contributed by atoms with Crippen molar-refractivity contribution < 1.29 is 28.6 Å². The third-order valence-electron chi connectivity index (χ3n) is 6.49. The molecule has 0 spiro atoms. The number of halogens is 1. The van der Waals surface area contributed by atoms with E-state index in [2.05, 4.69) is 18.8 Å². The molecule has 200 valence electrons. The van der Waals surface area contributed by atoms with Gasteiger partial charge in [0.05, 0.1) is 35.5 Å². The molecular weight excluding hydrogens is 519 g/mol. The third kappa shape index (κ3) is 5.22. The van der Waals surface area contributed by atoms with E-state index >= 15 is 0 Å². The number of benzene rings is 3. The second kappa shape index (κ2) is 10.9. The molecule has 1 atom stereocenters. The van der Waals surface area contributed by atoms with Crippen molar-refractivity contribution in [3.8, 4) is 11.5 Å². The van der Waals surface area contributed by atoms with E-state index in [9.17, 15) is 19.1 Å². The summed E-state index contributed by atoms with van der Waals surface area (Å²) in [6, 6.07) is 16.6. The van der Waals surface area contributed by atoms with Gasteiger partial charge in [-0.05, 0) is 72.5 Å². The molecule has 1 amide bonds. The molecule has 5 rings (SSSR count). The Balaban J connectivity index is 1.65. The Hall–Kier alpha value is -4.24. The zero-order valence-electron chi connectivity index (χ0n) is 21.7. The minimum atomic E-state index is -0.980. The summed E-state index contributed by atoms with van der Waals surface area (Å²) < 4.78 is 25.6. The lowest BCUT2D eigenvalue weighted by atomic mass is 9.95. The monoisotopic (exact) mass is 546 g/mol. The van der Waals surface area contributed by atoms with Crippen molar-refractivity contribution in [1.82, 2.24) is 4.98 Å². The van der Waals surface area contributed by atoms with E-state index in [0.717, 1.165) is 11.1 Å². The van der Waals surface area contributed by atoms with Gasteiger partial charge in [-0.3, -0.25) is 14.5 Å². The van der Waals surface area contributed by atoms with Gasteiger partial charge in [-0.1, -0.05) is 37.3 Å². The number of fused-ring (bicyclic) bond motifs is 1. The molecule has 3 aromatic carbocycles. The molecule has 0 aliphatic carbocycles. The predicted octanol–water partition coefficient (Wildman–Crippen LogP) is 6.50. The van der Waals surface area contributed by atoms with E-state index in [1.54, 1.807) is 43.5 Å². The number of aliphatic hydroxyl groups excluding tert-OH is 1. The lowest BCUT2D eigenvalue weighted by molar-refractivity contribution is -0.132. The average molecular weight is 547 g/mol. The number of rotatable bonds is 8. The highest BCUT2D eigenvalue weighted by atomic mass is 32.1. The zero-order valence-corrected chi connectivity index (χ0v) is 22.5. The van der Waals surface area contributed by atoms with Crippen molar-refractivity contribution in [2.24, 2.45) is 5.92 Å². The maximum atomic E-state index is 13.6. The molecule has 1 unspecified atom stereocenters. The van der Waals surface area contributed by atoms with Crippen LogP contribution < -0.4 is 14.4 Å². The minimum Gasteiger partial charge on any atom is -0.507 e. The highest BCUT2D eigenvalue weighted by molar-refractivity contribution is 7.22. The number of carbonyl (C=O) groups is 2. The van der Waals surface area contributed by atoms with Crippen LogP contribution in [0.25, 0.3) is 16.0 Å². The maximum Gasteiger partial charge on any atom is 0.301 e. The van der Waals surface area contributed by atoms with Gasteiger partial charge in [0, 0.05) is 5.56 Å². The molecule has 2 heterocycles. The highest BCUT2D eigenvalue weighted by Gasteiger charge is 2.48. The van der Waals surface area contributed by atoms with E-state index < -0.39 is 29.3 Å². The average Bonchev–Trinajstić information content (AvgIpc) is 3.46. The van der Waals surface area contributed by atoms with Crippen LogP contribution in [-0.4, -0.2) is 35.5 Å². The van der Waals surface area contributed by atoms with E-state index in [1.165, 1.54) is 40.5 Å². The lowest BCUT2D eigenvalue weighted by Gasteiger charge is -2.23. The number of ether oxygens (including phenoxy) is 2. The van der Waals surface area contributed by atoms with Gasteiger partial charge in [0.25, 0.3) is 5.78 Å². The molecule has 7 nitrogen and oxygen atoms in total. The summed E-state index contributed by atoms with van der Waals surface area (Å²) in [5.74, 6) is -0.873. The van der Waals surface area contributed by atoms with E-state index in [1.807, 2.05) is 6.07 Å². The van der Waals surface area contributed by atoms with Gasteiger partial charge in [-0.25, -0.2) is 9.37 Å². The fourth-order valence-corrected chi connectivity index (χ4v) is 5.44. The molecule has 1 saturated heterocycles. The predicted molar refractivity (Wildman–Crippen MR) is 149 cm³/mol. The SMILES string of the molecule is COc1ccc2nc(N3C(=O)C(=O)C(=C(O)c4ccc(F)cc4)C3c3cccc(OCCC(C)C)c3)sc2c1. The maximum absolute atomic E-state index is 13.6. The van der Waals surface area contributed by atoms with Gasteiger partial charge in [0.1, 0.15) is 23.1 Å². The number of anilines is 1. The van der Waals surface area contributed by atoms with Gasteiger partial charge >= 0.3 is 5.91 Å². The molecule has 1 aromatic heterocycles. The molecule has 0 radical (unpaired) electrons. The summed E-state index contributed by atoms with van der Waals surface area (Å²) in [5.41, 5.74) is 1.32. The highest BCUT2D eigenvalue weighted by Crippen LogP contribution is 2.45. The van der Waals surface area contributed by atoms with Crippen LogP contribution >= 0.6 is 11.3 Å². The normalized spacial score (nSPS) is 16.8. The van der Waals surface area contributed by atoms with Crippen LogP contribution in [0.4, 0.5) is 9.52 Å². The van der Waals surface area contributed by atoms with E-state index in [-0.39, 0.29) is 11.1 Å². The molecule has 1 fully saturated rings. The summed E-state index contributed by atoms with van der Waals surface area (Å²) in [6.07, 6.45) is 0.864. The summed E-state index contributed by atoms with van der Waals surface area (Å²) in [6.45, 7) is 4.73. The zero-order chi connectivity index (χ0) is 27.7. The summed E-state index contributed by atoms with van der Waals surface area (Å²) in [4.78, 5) is 32.9. The lowest BCUT2D eigenvalue weighted by Crippen LogP contribution is -2.29. The first kappa shape index (κ1) is 26.4. The van der Waals surface area contributed by atoms with Crippen LogP contribution in [0.5, 0.6) is 11.5 Å². The first-order valence-corrected chi connectivity index (χ1v) is 13.3. The number of nitrogens with zero attached hydrogens (tertiary/aromatic N) is 2. The van der Waals surface area contributed by atoms with Crippen molar-refractivity contribution >= 4 is 44.1 Å². The van der Waals surface area contributed by atoms with Crippen LogP contribution in [0.15, 0.2) is 72.3 Å². The van der Waals surface area contributed by atoms with E-state index in [4.69, 9.17) is 9.47 Å². The molecule has 9 heteroatoms. The van der Waals surface area contributed by atoms with Gasteiger partial charge in [-0.2, -0.15) is 0 Å². The Bertz CT molecular complexity index is 1580. The van der Waals surface area contributed by atoms with Gasteiger partial charge in [-0.15, -0.1) is 0 Å². The number of methoxy groups -OCH3 is 1. The number of aromatic nitrogens is 1. The first-order valence-electron chi connectivity index (χ1n) is 12.5. The van der Waals surface area contributed by atoms with Crippen LogP contribution in [0.3, 0.4) is 0 Å². The number of thiazole rings is 1. The van der Waals surface area contributed by atoms with Crippen molar-refractivity contribution in [3.63, 3.8) is 0 Å². The molecule has 4 aromatic rings. The molecule has 1 N–H and O–H groups in total. The smallest absolute Gasteiger partial charge is 0.301 e. The second-order valence-electron chi connectivity index (χ2n) is 9.61. The van der Waals surface area contributed by atoms with Crippen molar-refractivity contribution in [2.45, 2.75) is 26.3 Å². The number of ketones is 1. The van der Waals surface area contributed by atoms with Gasteiger partial charge in [0.15, 0.2) is 5.13 Å². The van der Waals surface area contributed by atoms with Gasteiger partial charge in [0.2, 0.25) is 0 Å². The quantitative estimate of drug-likeness (QED) is 0.154. The molecule has 1 aliphatic rings. The standard InChI is InChI=1S/C30H27FN2O5S/c1-17(2)13-14-38-22-6-4-5-19(15-22)26-25(27(34)18-7-9-20(31)10-8-18)28(35)29(36)33(26)30-32-23-12-11-21(37-3)16-24(23)39-30/h4-12,15-17,26,34H,13-14H2,1-3H3. The number of aliphatic hydroxyl groups is 1.